The largest absolute Gasteiger partial charge is 0.412 e. The zero-order valence-corrected chi connectivity index (χ0v) is 16.7. The minimum absolute atomic E-state index is 0. The van der Waals surface area contributed by atoms with Crippen molar-refractivity contribution in [3.05, 3.63) is 75.8 Å². The van der Waals surface area contributed by atoms with Crippen molar-refractivity contribution in [2.45, 2.75) is 18.6 Å². The molecule has 1 saturated heterocycles. The van der Waals surface area contributed by atoms with Crippen molar-refractivity contribution in [3.63, 3.8) is 0 Å². The van der Waals surface area contributed by atoms with E-state index in [-0.39, 0.29) is 18.2 Å². The summed E-state index contributed by atoms with van der Waals surface area (Å²) in [5, 5.41) is 0. The van der Waals surface area contributed by atoms with Crippen molar-refractivity contribution in [1.29, 1.82) is 0 Å². The summed E-state index contributed by atoms with van der Waals surface area (Å²) in [7, 11) is -3.52. The minimum Gasteiger partial charge on any atom is -0.412 e. The molecule has 1 aliphatic heterocycles. The first kappa shape index (κ1) is 20.8. The molecule has 140 valence electrons. The summed E-state index contributed by atoms with van der Waals surface area (Å²) in [5.74, 6) is 0. The van der Waals surface area contributed by atoms with Crippen LogP contribution < -0.4 is 0 Å². The van der Waals surface area contributed by atoms with Crippen LogP contribution >= 0.6 is 15.9 Å². The lowest BCUT2D eigenvalue weighted by molar-refractivity contribution is -0.0116. The van der Waals surface area contributed by atoms with Gasteiger partial charge in [-0.25, -0.2) is 0 Å². The van der Waals surface area contributed by atoms with E-state index in [0.717, 1.165) is 27.4 Å². The second kappa shape index (κ2) is 8.92. The summed E-state index contributed by atoms with van der Waals surface area (Å²) in [4.78, 5) is 0. The highest BCUT2D eigenvalue weighted by atomic mass is 79.9. The van der Waals surface area contributed by atoms with E-state index in [4.69, 9.17) is 8.92 Å². The number of benzene rings is 2. The Morgan fingerprint density at radius 1 is 1.12 bits per heavy atom. The average molecular weight is 441 g/mol. The third kappa shape index (κ3) is 5.75. The molecule has 1 fully saturated rings. The highest BCUT2D eigenvalue weighted by molar-refractivity contribution is 9.10. The molecule has 0 spiro atoms. The molecule has 1 aliphatic rings. The maximum Gasteiger partial charge on any atom is 0.264 e. The quantitative estimate of drug-likeness (QED) is 0.680. The molecule has 3 rings (SSSR count). The van der Waals surface area contributed by atoms with Crippen LogP contribution in [-0.4, -0.2) is 32.9 Å². The first-order valence-corrected chi connectivity index (χ1v) is 10.5. The fourth-order valence-electron chi connectivity index (χ4n) is 2.89. The van der Waals surface area contributed by atoms with E-state index in [2.05, 4.69) is 15.9 Å². The lowest BCUT2D eigenvalue weighted by Crippen LogP contribution is -2.31. The molecule has 0 unspecified atom stereocenters. The monoisotopic (exact) mass is 440 g/mol. The zero-order valence-electron chi connectivity index (χ0n) is 14.3. The van der Waals surface area contributed by atoms with E-state index in [1.165, 1.54) is 0 Å². The van der Waals surface area contributed by atoms with Gasteiger partial charge in [-0.15, -0.1) is 0 Å². The fraction of sp³-hybridized carbons (Fsp3) is 0.263. The van der Waals surface area contributed by atoms with E-state index < -0.39 is 16.2 Å². The van der Waals surface area contributed by atoms with Gasteiger partial charge in [-0.3, -0.25) is 4.18 Å². The molecular weight excluding hydrogens is 420 g/mol. The van der Waals surface area contributed by atoms with E-state index >= 15 is 0 Å². The van der Waals surface area contributed by atoms with Gasteiger partial charge in [0.05, 0.1) is 12.9 Å². The van der Waals surface area contributed by atoms with Crippen molar-refractivity contribution in [2.24, 2.45) is 0 Å². The smallest absolute Gasteiger partial charge is 0.264 e. The maximum atomic E-state index is 11.5. The Bertz CT molecular complexity index is 847. The summed E-state index contributed by atoms with van der Waals surface area (Å²) in [6.07, 6.45) is 2.90. The van der Waals surface area contributed by atoms with Gasteiger partial charge in [-0.1, -0.05) is 64.5 Å². The second-order valence-corrected chi connectivity index (χ2v) is 8.54. The molecule has 2 atom stereocenters. The lowest BCUT2D eigenvalue weighted by Gasteiger charge is -2.31. The molecule has 0 amide bonds. The third-order valence-corrected chi connectivity index (χ3v) is 5.03. The number of ether oxygens (including phenoxy) is 1. The topological polar surface area (TPSA) is 84.1 Å². The van der Waals surface area contributed by atoms with Gasteiger partial charge in [0.15, 0.2) is 0 Å². The van der Waals surface area contributed by atoms with Gasteiger partial charge in [0.2, 0.25) is 0 Å². The molecule has 0 bridgehead atoms. The maximum absolute atomic E-state index is 11.5. The predicted octanol–water partition coefficient (Wildman–Crippen LogP) is 3.51. The highest BCUT2D eigenvalue weighted by Gasteiger charge is 2.30. The van der Waals surface area contributed by atoms with E-state index in [1.54, 1.807) is 0 Å². The van der Waals surface area contributed by atoms with Crippen molar-refractivity contribution in [1.82, 2.24) is 0 Å². The molecule has 0 radical (unpaired) electrons. The van der Waals surface area contributed by atoms with Gasteiger partial charge >= 0.3 is 0 Å². The Kier molecular flexibility index (Phi) is 7.14. The molecule has 0 aliphatic carbocycles. The molecule has 1 heterocycles. The standard InChI is InChI=1S/C19H19BrO4S.H2O/c1-25(21,22)24-18-12-16(11-14-7-9-17(20)10-8-14)19(23-13-18)15-5-3-2-4-6-15;/h2-11,18-19H,12-13H2,1H3;1H2/b16-11+;/t18-,19+;/m0./s1. The lowest BCUT2D eigenvalue weighted by atomic mass is 9.92. The Labute approximate surface area is 162 Å². The first-order chi connectivity index (χ1) is 11.9. The van der Waals surface area contributed by atoms with E-state index in [9.17, 15) is 8.42 Å². The Morgan fingerprint density at radius 3 is 2.38 bits per heavy atom. The van der Waals surface area contributed by atoms with Crippen LogP contribution in [0.15, 0.2) is 64.6 Å². The van der Waals surface area contributed by atoms with Gasteiger partial charge in [-0.05, 0) is 28.8 Å². The number of hydrogen-bond donors (Lipinski definition) is 0. The van der Waals surface area contributed by atoms with Crippen LogP contribution in [0.4, 0.5) is 0 Å². The van der Waals surface area contributed by atoms with Crippen LogP contribution in [0.3, 0.4) is 0 Å². The average Bonchev–Trinajstić information content (AvgIpc) is 2.57. The van der Waals surface area contributed by atoms with Gasteiger partial charge in [0.25, 0.3) is 10.1 Å². The molecule has 2 aromatic rings. The number of halogens is 1. The predicted molar refractivity (Wildman–Crippen MR) is 105 cm³/mol. The summed E-state index contributed by atoms with van der Waals surface area (Å²) < 4.78 is 35.0. The number of rotatable bonds is 4. The number of hydrogen-bond acceptors (Lipinski definition) is 4. The van der Waals surface area contributed by atoms with Crippen LogP contribution in [0.5, 0.6) is 0 Å². The molecule has 5 nitrogen and oxygen atoms in total. The van der Waals surface area contributed by atoms with Crippen LogP contribution in [0.2, 0.25) is 0 Å². The van der Waals surface area contributed by atoms with Crippen LogP contribution in [-0.2, 0) is 19.0 Å². The summed E-state index contributed by atoms with van der Waals surface area (Å²) >= 11 is 3.43. The molecule has 7 heteroatoms. The Balaban J connectivity index is 0.00000243. The molecule has 2 N–H and O–H groups in total. The van der Waals surface area contributed by atoms with Crippen molar-refractivity contribution in [3.8, 4) is 0 Å². The first-order valence-electron chi connectivity index (χ1n) is 7.91. The van der Waals surface area contributed by atoms with Gasteiger partial charge < -0.3 is 10.2 Å². The zero-order chi connectivity index (χ0) is 17.9. The minimum atomic E-state index is -3.52. The summed E-state index contributed by atoms with van der Waals surface area (Å²) in [5.41, 5.74) is 3.07. The van der Waals surface area contributed by atoms with Gasteiger partial charge in [-0.2, -0.15) is 8.42 Å². The summed E-state index contributed by atoms with van der Waals surface area (Å²) in [6, 6.07) is 17.9. The van der Waals surface area contributed by atoms with Crippen molar-refractivity contribution < 1.29 is 22.8 Å². The fourth-order valence-corrected chi connectivity index (χ4v) is 3.78. The molecule has 2 aromatic carbocycles. The Hall–Kier alpha value is -1.51. The van der Waals surface area contributed by atoms with Crippen molar-refractivity contribution >= 4 is 32.1 Å². The third-order valence-electron chi connectivity index (χ3n) is 3.88. The van der Waals surface area contributed by atoms with Crippen LogP contribution in [0.25, 0.3) is 6.08 Å². The van der Waals surface area contributed by atoms with Gasteiger partial charge in [0.1, 0.15) is 12.2 Å². The molecule has 0 aromatic heterocycles. The highest BCUT2D eigenvalue weighted by Crippen LogP contribution is 2.35. The second-order valence-electron chi connectivity index (χ2n) is 6.02. The normalized spacial score (nSPS) is 22.0. The van der Waals surface area contributed by atoms with E-state index in [0.29, 0.717) is 6.42 Å². The van der Waals surface area contributed by atoms with Crippen LogP contribution in [0, 0.1) is 0 Å². The SMILES string of the molecule is CS(=O)(=O)O[C@@H]1CO[C@H](c2ccccc2)/C(=C/c2ccc(Br)cc2)C1.O. The molecule has 26 heavy (non-hydrogen) atoms. The Morgan fingerprint density at radius 2 is 1.77 bits per heavy atom. The van der Waals surface area contributed by atoms with E-state index in [1.807, 2.05) is 60.7 Å². The van der Waals surface area contributed by atoms with Crippen molar-refractivity contribution in [2.75, 3.05) is 12.9 Å². The summed E-state index contributed by atoms with van der Waals surface area (Å²) in [6.45, 7) is 0.240. The van der Waals surface area contributed by atoms with Crippen LogP contribution in [0.1, 0.15) is 23.7 Å². The molecule has 0 saturated carbocycles. The van der Waals surface area contributed by atoms with Gasteiger partial charge in [0, 0.05) is 10.9 Å². The molecular formula is C19H21BrO5S.